The van der Waals surface area contributed by atoms with Gasteiger partial charge in [0.05, 0.1) is 31.4 Å². The van der Waals surface area contributed by atoms with Gasteiger partial charge in [-0.15, -0.1) is 0 Å². The molecular weight excluding hydrogens is 304 g/mol. The molecule has 1 heterocycles. The van der Waals surface area contributed by atoms with E-state index < -0.39 is 0 Å². The standard InChI is InChI=1S/C19H26N2O3/c1-4-16(12-22)21-18(23)11-15-5-7-17(8-6-15)20-14(3)19-13(2)9-10-24-19/h5-10,14,16,20,22H,4,11-12H2,1-3H3,(H,21,23). The summed E-state index contributed by atoms with van der Waals surface area (Å²) in [5, 5.41) is 15.3. The number of nitrogens with one attached hydrogen (secondary N) is 2. The van der Waals surface area contributed by atoms with Crippen LogP contribution in [0.1, 0.15) is 43.2 Å². The summed E-state index contributed by atoms with van der Waals surface area (Å²) in [6, 6.07) is 9.64. The Bertz CT molecular complexity index is 645. The molecule has 24 heavy (non-hydrogen) atoms. The number of amides is 1. The molecule has 3 N–H and O–H groups in total. The lowest BCUT2D eigenvalue weighted by molar-refractivity contribution is -0.121. The van der Waals surface area contributed by atoms with Crippen molar-refractivity contribution in [2.45, 2.75) is 45.7 Å². The van der Waals surface area contributed by atoms with Crippen LogP contribution in [0.25, 0.3) is 0 Å². The predicted molar refractivity (Wildman–Crippen MR) is 94.9 cm³/mol. The quantitative estimate of drug-likeness (QED) is 0.695. The Balaban J connectivity index is 1.91. The van der Waals surface area contributed by atoms with Crippen molar-refractivity contribution in [3.8, 4) is 0 Å². The van der Waals surface area contributed by atoms with Gasteiger partial charge in [-0.2, -0.15) is 0 Å². The van der Waals surface area contributed by atoms with E-state index in [1.165, 1.54) is 0 Å². The third kappa shape index (κ3) is 4.86. The van der Waals surface area contributed by atoms with E-state index in [2.05, 4.69) is 10.6 Å². The van der Waals surface area contributed by atoms with E-state index in [9.17, 15) is 4.79 Å². The molecule has 2 atom stereocenters. The number of carbonyl (C=O) groups excluding carboxylic acids is 1. The Morgan fingerprint density at radius 3 is 2.50 bits per heavy atom. The summed E-state index contributed by atoms with van der Waals surface area (Å²) in [6.45, 7) is 5.97. The Hall–Kier alpha value is -2.27. The van der Waals surface area contributed by atoms with E-state index in [-0.39, 0.29) is 24.6 Å². The smallest absolute Gasteiger partial charge is 0.224 e. The Kier molecular flexibility index (Phi) is 6.44. The molecule has 0 radical (unpaired) electrons. The molecule has 130 valence electrons. The van der Waals surface area contributed by atoms with E-state index in [0.717, 1.165) is 29.0 Å². The number of aliphatic hydroxyl groups is 1. The first-order valence-corrected chi connectivity index (χ1v) is 8.33. The highest BCUT2D eigenvalue weighted by Gasteiger charge is 2.12. The van der Waals surface area contributed by atoms with Crippen molar-refractivity contribution in [3.63, 3.8) is 0 Å². The number of anilines is 1. The van der Waals surface area contributed by atoms with Gasteiger partial charge >= 0.3 is 0 Å². The van der Waals surface area contributed by atoms with E-state index in [1.807, 2.05) is 51.1 Å². The summed E-state index contributed by atoms with van der Waals surface area (Å²) in [4.78, 5) is 11.9. The lowest BCUT2D eigenvalue weighted by Crippen LogP contribution is -2.37. The van der Waals surface area contributed by atoms with Crippen LogP contribution in [0.15, 0.2) is 41.0 Å². The molecular formula is C19H26N2O3. The van der Waals surface area contributed by atoms with Crippen LogP contribution >= 0.6 is 0 Å². The number of hydrogen-bond donors (Lipinski definition) is 3. The first-order chi connectivity index (χ1) is 11.5. The summed E-state index contributed by atoms with van der Waals surface area (Å²) in [5.41, 5.74) is 3.04. The molecule has 0 aliphatic carbocycles. The molecule has 1 amide bonds. The second-order valence-electron chi connectivity index (χ2n) is 6.06. The maximum atomic E-state index is 11.9. The molecule has 1 aromatic heterocycles. The van der Waals surface area contributed by atoms with Crippen molar-refractivity contribution in [1.82, 2.24) is 5.32 Å². The van der Waals surface area contributed by atoms with Crippen molar-refractivity contribution >= 4 is 11.6 Å². The van der Waals surface area contributed by atoms with Crippen molar-refractivity contribution < 1.29 is 14.3 Å². The Labute approximate surface area is 143 Å². The highest BCUT2D eigenvalue weighted by molar-refractivity contribution is 5.79. The molecule has 1 aromatic carbocycles. The van der Waals surface area contributed by atoms with Gasteiger partial charge in [0.15, 0.2) is 0 Å². The van der Waals surface area contributed by atoms with Crippen LogP contribution in [0.5, 0.6) is 0 Å². The minimum absolute atomic E-state index is 0.0326. The second kappa shape index (κ2) is 8.55. The van der Waals surface area contributed by atoms with Gasteiger partial charge in [0.25, 0.3) is 0 Å². The van der Waals surface area contributed by atoms with Gasteiger partial charge < -0.3 is 20.2 Å². The minimum Gasteiger partial charge on any atom is -0.467 e. The molecule has 0 spiro atoms. The van der Waals surface area contributed by atoms with Crippen LogP contribution in [0.3, 0.4) is 0 Å². The second-order valence-corrected chi connectivity index (χ2v) is 6.06. The SMILES string of the molecule is CCC(CO)NC(=O)Cc1ccc(NC(C)c2occc2C)cc1. The fraction of sp³-hybridized carbons (Fsp3) is 0.421. The Morgan fingerprint density at radius 1 is 1.25 bits per heavy atom. The summed E-state index contributed by atoms with van der Waals surface area (Å²) < 4.78 is 5.50. The predicted octanol–water partition coefficient (Wildman–Crippen LogP) is 3.19. The number of aryl methyl sites for hydroxylation is 1. The molecule has 0 bridgehead atoms. The monoisotopic (exact) mass is 330 g/mol. The topological polar surface area (TPSA) is 74.5 Å². The van der Waals surface area contributed by atoms with Crippen molar-refractivity contribution in [3.05, 3.63) is 53.5 Å². The van der Waals surface area contributed by atoms with Crippen LogP contribution in [0, 0.1) is 6.92 Å². The van der Waals surface area contributed by atoms with Crippen molar-refractivity contribution in [2.24, 2.45) is 0 Å². The van der Waals surface area contributed by atoms with Crippen LogP contribution in [0.2, 0.25) is 0 Å². The highest BCUT2D eigenvalue weighted by Crippen LogP contribution is 2.23. The van der Waals surface area contributed by atoms with Gasteiger partial charge in [-0.25, -0.2) is 0 Å². The van der Waals surface area contributed by atoms with Gasteiger partial charge in [0.1, 0.15) is 5.76 Å². The van der Waals surface area contributed by atoms with Gasteiger partial charge in [-0.1, -0.05) is 19.1 Å². The van der Waals surface area contributed by atoms with Crippen molar-refractivity contribution in [2.75, 3.05) is 11.9 Å². The summed E-state index contributed by atoms with van der Waals surface area (Å²) in [7, 11) is 0. The normalized spacial score (nSPS) is 13.3. The van der Waals surface area contributed by atoms with E-state index in [4.69, 9.17) is 9.52 Å². The maximum absolute atomic E-state index is 11.9. The first-order valence-electron chi connectivity index (χ1n) is 8.33. The lowest BCUT2D eigenvalue weighted by Gasteiger charge is -2.15. The third-order valence-corrected chi connectivity index (χ3v) is 4.08. The lowest BCUT2D eigenvalue weighted by atomic mass is 10.1. The molecule has 0 aliphatic heterocycles. The van der Waals surface area contributed by atoms with Gasteiger partial charge in [0, 0.05) is 5.69 Å². The molecule has 5 heteroatoms. The van der Waals surface area contributed by atoms with Crippen LogP contribution in [0.4, 0.5) is 5.69 Å². The van der Waals surface area contributed by atoms with Gasteiger partial charge in [-0.05, 0) is 49.6 Å². The zero-order valence-electron chi connectivity index (χ0n) is 14.5. The molecule has 0 saturated heterocycles. The summed E-state index contributed by atoms with van der Waals surface area (Å²) in [6.07, 6.45) is 2.72. The molecule has 5 nitrogen and oxygen atoms in total. The number of furan rings is 1. The molecule has 2 rings (SSSR count). The summed E-state index contributed by atoms with van der Waals surface area (Å²) >= 11 is 0. The first kappa shape index (κ1) is 18.1. The van der Waals surface area contributed by atoms with Gasteiger partial charge in [-0.3, -0.25) is 4.79 Å². The third-order valence-electron chi connectivity index (χ3n) is 4.08. The zero-order chi connectivity index (χ0) is 17.5. The van der Waals surface area contributed by atoms with Crippen LogP contribution in [-0.4, -0.2) is 23.7 Å². The molecule has 0 fully saturated rings. The van der Waals surface area contributed by atoms with E-state index in [0.29, 0.717) is 6.42 Å². The minimum atomic E-state index is -0.171. The molecule has 2 unspecified atom stereocenters. The molecule has 0 aliphatic rings. The average molecular weight is 330 g/mol. The number of rotatable bonds is 8. The highest BCUT2D eigenvalue weighted by atomic mass is 16.3. The van der Waals surface area contributed by atoms with Crippen LogP contribution < -0.4 is 10.6 Å². The number of hydrogen-bond acceptors (Lipinski definition) is 4. The fourth-order valence-electron chi connectivity index (χ4n) is 2.60. The van der Waals surface area contributed by atoms with E-state index >= 15 is 0 Å². The number of benzene rings is 1. The molecule has 0 saturated carbocycles. The molecule has 2 aromatic rings. The largest absolute Gasteiger partial charge is 0.467 e. The fourth-order valence-corrected chi connectivity index (χ4v) is 2.60. The summed E-state index contributed by atoms with van der Waals surface area (Å²) in [5.74, 6) is 0.851. The van der Waals surface area contributed by atoms with Crippen molar-refractivity contribution in [1.29, 1.82) is 0 Å². The van der Waals surface area contributed by atoms with E-state index in [1.54, 1.807) is 6.26 Å². The van der Waals surface area contributed by atoms with Gasteiger partial charge in [0.2, 0.25) is 5.91 Å². The maximum Gasteiger partial charge on any atom is 0.224 e. The zero-order valence-corrected chi connectivity index (χ0v) is 14.5. The number of carbonyl (C=O) groups is 1. The van der Waals surface area contributed by atoms with Crippen LogP contribution in [-0.2, 0) is 11.2 Å². The Morgan fingerprint density at radius 2 is 1.96 bits per heavy atom. The number of aliphatic hydroxyl groups excluding tert-OH is 1. The average Bonchev–Trinajstić information content (AvgIpc) is 3.00.